The predicted molar refractivity (Wildman–Crippen MR) is 218 cm³/mol. The lowest BCUT2D eigenvalue weighted by Crippen LogP contribution is -2.33. The third-order valence-electron chi connectivity index (χ3n) is 10.8. The number of fused-ring (bicyclic) bond motifs is 3. The van der Waals surface area contributed by atoms with E-state index < -0.39 is 12.5 Å². The third kappa shape index (κ3) is 5.50. The van der Waals surface area contributed by atoms with Gasteiger partial charge in [-0.2, -0.15) is 0 Å². The van der Waals surface area contributed by atoms with Crippen LogP contribution in [0.25, 0.3) is 22.3 Å². The Labute approximate surface area is 311 Å². The maximum Gasteiger partial charge on any atom is 0.489 e. The van der Waals surface area contributed by atoms with Gasteiger partial charge in [0.25, 0.3) is 0 Å². The fourth-order valence-electron chi connectivity index (χ4n) is 8.50. The molecular formula is C49H36BNO2. The second-order valence-electron chi connectivity index (χ2n) is 13.6. The minimum atomic E-state index is -1.61. The summed E-state index contributed by atoms with van der Waals surface area (Å²) in [6.45, 7) is 0. The van der Waals surface area contributed by atoms with Crippen molar-refractivity contribution < 1.29 is 10.0 Å². The van der Waals surface area contributed by atoms with Crippen LogP contribution in [-0.2, 0) is 5.41 Å². The first-order valence-corrected chi connectivity index (χ1v) is 18.1. The Morgan fingerprint density at radius 2 is 1.32 bits per heavy atom. The van der Waals surface area contributed by atoms with Crippen LogP contribution in [-0.4, -0.2) is 17.2 Å². The van der Waals surface area contributed by atoms with Gasteiger partial charge in [-0.25, -0.2) is 0 Å². The molecule has 0 saturated carbocycles. The van der Waals surface area contributed by atoms with E-state index in [1.54, 1.807) is 0 Å². The van der Waals surface area contributed by atoms with Crippen LogP contribution in [0.1, 0.15) is 46.2 Å². The van der Waals surface area contributed by atoms with E-state index in [1.165, 1.54) is 16.8 Å². The van der Waals surface area contributed by atoms with E-state index in [9.17, 15) is 10.0 Å². The molecule has 0 aromatic heterocycles. The van der Waals surface area contributed by atoms with E-state index in [4.69, 9.17) is 0 Å². The molecule has 3 aliphatic rings. The minimum Gasteiger partial charge on any atom is -0.423 e. The molecule has 0 fully saturated rings. The molecule has 53 heavy (non-hydrogen) atoms. The van der Waals surface area contributed by atoms with Crippen LogP contribution >= 0.6 is 0 Å². The van der Waals surface area contributed by atoms with Crippen LogP contribution in [0.5, 0.6) is 0 Å². The van der Waals surface area contributed by atoms with E-state index in [0.717, 1.165) is 68.7 Å². The normalized spacial score (nSPS) is 16.7. The van der Waals surface area contributed by atoms with Crippen LogP contribution in [0.15, 0.2) is 199 Å². The highest BCUT2D eigenvalue weighted by Gasteiger charge is 2.47. The molecule has 0 bridgehead atoms. The average molecular weight is 682 g/mol. The van der Waals surface area contributed by atoms with E-state index >= 15 is 0 Å². The predicted octanol–water partition coefficient (Wildman–Crippen LogP) is 9.89. The monoisotopic (exact) mass is 681 g/mol. The molecule has 4 heteroatoms. The molecular weight excluding hydrogens is 645 g/mol. The van der Waals surface area contributed by atoms with Gasteiger partial charge in [0.1, 0.15) is 0 Å². The zero-order valence-electron chi connectivity index (χ0n) is 29.2. The largest absolute Gasteiger partial charge is 0.489 e. The van der Waals surface area contributed by atoms with E-state index in [0.29, 0.717) is 5.46 Å². The van der Waals surface area contributed by atoms with Crippen molar-refractivity contribution in [1.29, 1.82) is 0 Å². The summed E-state index contributed by atoms with van der Waals surface area (Å²) in [5, 5.41) is 21.3. The molecule has 0 amide bonds. The van der Waals surface area contributed by atoms with Gasteiger partial charge in [-0.15, -0.1) is 0 Å². The van der Waals surface area contributed by atoms with E-state index in [1.807, 2.05) is 36.4 Å². The third-order valence-corrected chi connectivity index (χ3v) is 10.8. The summed E-state index contributed by atoms with van der Waals surface area (Å²) in [5.41, 5.74) is 20.5. The van der Waals surface area contributed by atoms with Crippen molar-refractivity contribution in [2.75, 3.05) is 4.90 Å². The lowest BCUT2D eigenvalue weighted by Gasteiger charge is -2.36. The first kappa shape index (κ1) is 32.5. The van der Waals surface area contributed by atoms with Crippen molar-refractivity contribution in [2.45, 2.75) is 18.3 Å². The maximum atomic E-state index is 10.7. The van der Waals surface area contributed by atoms with Gasteiger partial charge in [-0.3, -0.25) is 0 Å². The highest BCUT2D eigenvalue weighted by atomic mass is 16.4. The Hall–Kier alpha value is -6.38. The zero-order valence-corrected chi connectivity index (χ0v) is 29.2. The van der Waals surface area contributed by atoms with Crippen LogP contribution in [0, 0.1) is 0 Å². The molecule has 1 unspecified atom stereocenters. The van der Waals surface area contributed by atoms with Gasteiger partial charge in [0.2, 0.25) is 0 Å². The lowest BCUT2D eigenvalue weighted by atomic mass is 9.66. The molecule has 6 aromatic rings. The molecule has 3 aliphatic carbocycles. The summed E-state index contributed by atoms with van der Waals surface area (Å²) in [4.78, 5) is 2.41. The first-order chi connectivity index (χ1) is 26.1. The molecule has 6 aromatic carbocycles. The Morgan fingerprint density at radius 1 is 0.623 bits per heavy atom. The summed E-state index contributed by atoms with van der Waals surface area (Å²) >= 11 is 0. The highest BCUT2D eigenvalue weighted by molar-refractivity contribution is 6.60. The SMILES string of the molecule is OB(O)c1cccc2c1-c1ccccc1C2(c1ccccc1)c1cccc(N(C2=CC=C(c3ccccc3)CC2)c2ccccc2C2=C=C=CC=C2)c1. The Morgan fingerprint density at radius 3 is 2.08 bits per heavy atom. The smallest absolute Gasteiger partial charge is 0.423 e. The average Bonchev–Trinajstić information content (AvgIpc) is 3.54. The Kier molecular flexibility index (Phi) is 8.37. The summed E-state index contributed by atoms with van der Waals surface area (Å²) in [5.74, 6) is 0. The molecule has 1 atom stereocenters. The number of benzene rings is 6. The summed E-state index contributed by atoms with van der Waals surface area (Å²) in [6, 6.07) is 53.0. The molecule has 0 heterocycles. The molecule has 0 saturated heterocycles. The van der Waals surface area contributed by atoms with Gasteiger partial charge in [0, 0.05) is 22.5 Å². The van der Waals surface area contributed by atoms with Crippen molar-refractivity contribution in [3.63, 3.8) is 0 Å². The van der Waals surface area contributed by atoms with E-state index in [2.05, 4.69) is 162 Å². The quantitative estimate of drug-likeness (QED) is 0.124. The molecule has 0 aliphatic heterocycles. The summed E-state index contributed by atoms with van der Waals surface area (Å²) in [6.07, 6.45) is 12.3. The number of rotatable bonds is 8. The highest BCUT2D eigenvalue weighted by Crippen LogP contribution is 2.56. The second kappa shape index (κ2) is 13.6. The Bertz CT molecular complexity index is 2570. The maximum absolute atomic E-state index is 10.7. The standard InChI is InChI=1S/C49H36BNO2/c52-50(53)46-28-15-27-45-48(46)43-25-10-12-26-44(43)49(45,38-20-8-3-9-21-38)39-22-14-23-41(34-39)51(40-32-30-36(31-33-40)35-16-4-1-5-17-35)47-29-13-11-24-42(47)37-18-6-2-7-19-37/h1-6,8-18,20-30,32,34,52-53H,31,33H2. The molecule has 3 nitrogen and oxygen atoms in total. The summed E-state index contributed by atoms with van der Waals surface area (Å²) < 4.78 is 0. The van der Waals surface area contributed by atoms with Gasteiger partial charge in [-0.05, 0) is 99.2 Å². The van der Waals surface area contributed by atoms with Crippen molar-refractivity contribution in [1.82, 2.24) is 0 Å². The van der Waals surface area contributed by atoms with Crippen molar-refractivity contribution in [2.24, 2.45) is 0 Å². The molecule has 2 N–H and O–H groups in total. The van der Waals surface area contributed by atoms with Crippen LogP contribution in [0.4, 0.5) is 11.4 Å². The number of anilines is 2. The number of para-hydroxylation sites is 1. The van der Waals surface area contributed by atoms with Crippen molar-refractivity contribution in [3.05, 3.63) is 233 Å². The molecule has 0 radical (unpaired) electrons. The van der Waals surface area contributed by atoms with Crippen LogP contribution in [0.2, 0.25) is 0 Å². The topological polar surface area (TPSA) is 43.7 Å². The fraction of sp³-hybridized carbons (Fsp3) is 0.0612. The van der Waals surface area contributed by atoms with Crippen LogP contribution < -0.4 is 10.4 Å². The van der Waals surface area contributed by atoms with Crippen molar-refractivity contribution in [3.8, 4) is 11.1 Å². The summed E-state index contributed by atoms with van der Waals surface area (Å²) in [7, 11) is -1.61. The second-order valence-corrected chi connectivity index (χ2v) is 13.6. The van der Waals surface area contributed by atoms with Gasteiger partial charge in [0.05, 0.1) is 11.1 Å². The number of nitrogens with zero attached hydrogens (tertiary/aromatic N) is 1. The number of hydrogen-bond donors (Lipinski definition) is 2. The Balaban J connectivity index is 1.30. The fourth-order valence-corrected chi connectivity index (χ4v) is 8.50. The molecule has 252 valence electrons. The molecule has 0 spiro atoms. The minimum absolute atomic E-state index is 0.503. The first-order valence-electron chi connectivity index (χ1n) is 18.1. The number of allylic oxidation sites excluding steroid dienone is 8. The van der Waals surface area contributed by atoms with E-state index in [-0.39, 0.29) is 0 Å². The number of hydrogen-bond acceptors (Lipinski definition) is 3. The van der Waals surface area contributed by atoms with Gasteiger partial charge in [-0.1, -0.05) is 157 Å². The van der Waals surface area contributed by atoms with Gasteiger partial charge in [0.15, 0.2) is 0 Å². The van der Waals surface area contributed by atoms with Crippen LogP contribution in [0.3, 0.4) is 0 Å². The van der Waals surface area contributed by atoms with Gasteiger partial charge < -0.3 is 14.9 Å². The lowest BCUT2D eigenvalue weighted by molar-refractivity contribution is 0.426. The zero-order chi connectivity index (χ0) is 35.8. The van der Waals surface area contributed by atoms with Crippen molar-refractivity contribution >= 4 is 35.1 Å². The molecule has 9 rings (SSSR count). The van der Waals surface area contributed by atoms with Gasteiger partial charge >= 0.3 is 7.12 Å².